The molecule has 4 nitrogen and oxygen atoms in total. The van der Waals surface area contributed by atoms with Gasteiger partial charge in [-0.2, -0.15) is 0 Å². The number of nitrogens with one attached hydrogen (secondary N) is 1. The molecule has 2 rings (SSSR count). The van der Waals surface area contributed by atoms with Crippen molar-refractivity contribution in [3.05, 3.63) is 71.0 Å². The fraction of sp³-hybridized carbons (Fsp3) is 0.364. The van der Waals surface area contributed by atoms with Gasteiger partial charge in [-0.25, -0.2) is 4.39 Å². The Morgan fingerprint density at radius 2 is 1.93 bits per heavy atom. The summed E-state index contributed by atoms with van der Waals surface area (Å²) in [7, 11) is 0. The van der Waals surface area contributed by atoms with Crippen LogP contribution in [0.2, 0.25) is 0 Å². The second-order valence-corrected chi connectivity index (χ2v) is 7.65. The molecular formula is C22H27FN2O2S. The molecule has 0 saturated carbocycles. The van der Waals surface area contributed by atoms with Crippen molar-refractivity contribution < 1.29 is 14.0 Å². The number of carbonyl (C=O) groups excluding carboxylic acids is 2. The van der Waals surface area contributed by atoms with E-state index in [4.69, 9.17) is 0 Å². The zero-order valence-corrected chi connectivity index (χ0v) is 17.4. The lowest BCUT2D eigenvalue weighted by molar-refractivity contribution is -0.138. The number of aryl methyl sites for hydroxylation is 1. The highest BCUT2D eigenvalue weighted by Crippen LogP contribution is 2.18. The van der Waals surface area contributed by atoms with Gasteiger partial charge in [0.05, 0.1) is 5.75 Å². The first kappa shape index (κ1) is 22.0. The minimum atomic E-state index is -0.581. The Morgan fingerprint density at radius 1 is 1.18 bits per heavy atom. The molecule has 0 heterocycles. The summed E-state index contributed by atoms with van der Waals surface area (Å²) in [4.78, 5) is 26.8. The predicted octanol–water partition coefficient (Wildman–Crippen LogP) is 3.92. The number of likely N-dealkylation sites (N-methyl/N-ethyl adjacent to an activating group) is 1. The van der Waals surface area contributed by atoms with Gasteiger partial charge < -0.3 is 10.2 Å². The van der Waals surface area contributed by atoms with Crippen molar-refractivity contribution in [3.8, 4) is 0 Å². The van der Waals surface area contributed by atoms with Crippen LogP contribution in [0.25, 0.3) is 0 Å². The Balaban J connectivity index is 2.07. The lowest BCUT2D eigenvalue weighted by atomic mass is 10.1. The number of halogens is 1. The topological polar surface area (TPSA) is 49.4 Å². The zero-order valence-electron chi connectivity index (χ0n) is 16.6. The standard InChI is InChI=1S/C22H27FN2O2S/c1-4-24-22(27)17(3)25(13-18-9-7-8-16(2)12-18)21(26)15-28-14-19-10-5-6-11-20(19)23/h5-12,17H,4,13-15H2,1-3H3,(H,24,27)/t17-/m0/s1. The Morgan fingerprint density at radius 3 is 2.61 bits per heavy atom. The van der Waals surface area contributed by atoms with Crippen molar-refractivity contribution >= 4 is 23.6 Å². The molecule has 2 aromatic carbocycles. The Kier molecular flexibility index (Phi) is 8.51. The summed E-state index contributed by atoms with van der Waals surface area (Å²) in [6.45, 7) is 6.45. The highest BCUT2D eigenvalue weighted by atomic mass is 32.2. The molecule has 0 unspecified atom stereocenters. The lowest BCUT2D eigenvalue weighted by Gasteiger charge is -2.28. The fourth-order valence-corrected chi connectivity index (χ4v) is 3.75. The summed E-state index contributed by atoms with van der Waals surface area (Å²) in [5.74, 6) is 0.00909. The molecule has 2 aromatic rings. The molecule has 0 spiro atoms. The van der Waals surface area contributed by atoms with Crippen LogP contribution in [-0.2, 0) is 21.9 Å². The van der Waals surface area contributed by atoms with E-state index in [2.05, 4.69) is 5.32 Å². The van der Waals surface area contributed by atoms with E-state index in [1.807, 2.05) is 38.1 Å². The number of rotatable bonds is 9. The van der Waals surface area contributed by atoms with Gasteiger partial charge in [0.15, 0.2) is 0 Å². The summed E-state index contributed by atoms with van der Waals surface area (Å²) in [5, 5.41) is 2.78. The Bertz CT molecular complexity index is 813. The van der Waals surface area contributed by atoms with Gasteiger partial charge >= 0.3 is 0 Å². The predicted molar refractivity (Wildman–Crippen MR) is 112 cm³/mol. The molecule has 0 fully saturated rings. The Hall–Kier alpha value is -2.34. The third kappa shape index (κ3) is 6.37. The monoisotopic (exact) mass is 402 g/mol. The van der Waals surface area contributed by atoms with Gasteiger partial charge in [0, 0.05) is 18.8 Å². The van der Waals surface area contributed by atoms with Crippen LogP contribution >= 0.6 is 11.8 Å². The van der Waals surface area contributed by atoms with Gasteiger partial charge in [0.25, 0.3) is 0 Å². The van der Waals surface area contributed by atoms with Crippen LogP contribution in [0.5, 0.6) is 0 Å². The first-order valence-electron chi connectivity index (χ1n) is 9.36. The minimum Gasteiger partial charge on any atom is -0.355 e. The molecule has 0 bridgehead atoms. The van der Waals surface area contributed by atoms with E-state index in [1.54, 1.807) is 30.0 Å². The van der Waals surface area contributed by atoms with E-state index in [-0.39, 0.29) is 23.4 Å². The summed E-state index contributed by atoms with van der Waals surface area (Å²) in [5.41, 5.74) is 2.65. The fourth-order valence-electron chi connectivity index (χ4n) is 2.86. The molecule has 0 radical (unpaired) electrons. The number of hydrogen-bond donors (Lipinski definition) is 1. The normalized spacial score (nSPS) is 11.7. The van der Waals surface area contributed by atoms with Crippen molar-refractivity contribution in [3.63, 3.8) is 0 Å². The third-order valence-electron chi connectivity index (χ3n) is 4.39. The average Bonchev–Trinajstić information content (AvgIpc) is 2.67. The van der Waals surface area contributed by atoms with Crippen LogP contribution in [-0.4, -0.2) is 35.1 Å². The van der Waals surface area contributed by atoms with Gasteiger partial charge in [-0.15, -0.1) is 11.8 Å². The van der Waals surface area contributed by atoms with Crippen LogP contribution in [0.15, 0.2) is 48.5 Å². The van der Waals surface area contributed by atoms with Crippen LogP contribution in [0.4, 0.5) is 4.39 Å². The summed E-state index contributed by atoms with van der Waals surface area (Å²) in [6.07, 6.45) is 0. The minimum absolute atomic E-state index is 0.137. The molecule has 28 heavy (non-hydrogen) atoms. The van der Waals surface area contributed by atoms with Crippen molar-refractivity contribution in [2.45, 2.75) is 39.1 Å². The smallest absolute Gasteiger partial charge is 0.242 e. The molecule has 0 aliphatic carbocycles. The highest BCUT2D eigenvalue weighted by molar-refractivity contribution is 7.99. The van der Waals surface area contributed by atoms with Crippen molar-refractivity contribution in [1.29, 1.82) is 0 Å². The van der Waals surface area contributed by atoms with Crippen LogP contribution in [0, 0.1) is 12.7 Å². The van der Waals surface area contributed by atoms with Gasteiger partial charge in [0.1, 0.15) is 11.9 Å². The third-order valence-corrected chi connectivity index (χ3v) is 5.36. The van der Waals surface area contributed by atoms with Gasteiger partial charge in [-0.3, -0.25) is 9.59 Å². The lowest BCUT2D eigenvalue weighted by Crippen LogP contribution is -2.48. The number of amides is 2. The highest BCUT2D eigenvalue weighted by Gasteiger charge is 2.25. The summed E-state index contributed by atoms with van der Waals surface area (Å²) >= 11 is 1.35. The van der Waals surface area contributed by atoms with E-state index in [1.165, 1.54) is 17.8 Å². The summed E-state index contributed by atoms with van der Waals surface area (Å²) < 4.78 is 13.8. The number of carbonyl (C=O) groups is 2. The average molecular weight is 403 g/mol. The number of nitrogens with zero attached hydrogens (tertiary/aromatic N) is 1. The largest absolute Gasteiger partial charge is 0.355 e. The van der Waals surface area contributed by atoms with E-state index in [0.717, 1.165) is 11.1 Å². The maximum absolute atomic E-state index is 13.8. The number of hydrogen-bond acceptors (Lipinski definition) is 3. The van der Waals surface area contributed by atoms with Gasteiger partial charge in [-0.05, 0) is 38.0 Å². The van der Waals surface area contributed by atoms with Crippen molar-refractivity contribution in [2.75, 3.05) is 12.3 Å². The van der Waals surface area contributed by atoms with Crippen LogP contribution in [0.3, 0.4) is 0 Å². The van der Waals surface area contributed by atoms with E-state index in [9.17, 15) is 14.0 Å². The zero-order chi connectivity index (χ0) is 20.5. The molecule has 0 saturated heterocycles. The molecule has 2 amide bonds. The molecule has 0 aliphatic heterocycles. The van der Waals surface area contributed by atoms with E-state index >= 15 is 0 Å². The molecular weight excluding hydrogens is 375 g/mol. The van der Waals surface area contributed by atoms with Crippen molar-refractivity contribution in [2.24, 2.45) is 0 Å². The molecule has 0 aliphatic rings. The second-order valence-electron chi connectivity index (χ2n) is 6.67. The van der Waals surface area contributed by atoms with Gasteiger partial charge in [-0.1, -0.05) is 48.0 Å². The van der Waals surface area contributed by atoms with E-state index in [0.29, 0.717) is 24.4 Å². The first-order valence-corrected chi connectivity index (χ1v) is 10.5. The first-order chi connectivity index (χ1) is 13.4. The molecule has 1 N–H and O–H groups in total. The quantitative estimate of drug-likeness (QED) is 0.692. The molecule has 1 atom stereocenters. The molecule has 150 valence electrons. The molecule has 6 heteroatoms. The van der Waals surface area contributed by atoms with Crippen molar-refractivity contribution in [1.82, 2.24) is 10.2 Å². The number of thioether (sulfide) groups is 1. The Labute approximate surface area is 170 Å². The summed E-state index contributed by atoms with van der Waals surface area (Å²) in [6, 6.07) is 13.9. The van der Waals surface area contributed by atoms with Gasteiger partial charge in [0.2, 0.25) is 11.8 Å². The van der Waals surface area contributed by atoms with E-state index < -0.39 is 6.04 Å². The second kappa shape index (κ2) is 10.9. The molecule has 0 aromatic heterocycles. The number of benzene rings is 2. The SMILES string of the molecule is CCNC(=O)[C@H](C)N(Cc1cccc(C)c1)C(=O)CSCc1ccccc1F. The maximum Gasteiger partial charge on any atom is 0.242 e. The maximum atomic E-state index is 13.8. The van der Waals surface area contributed by atoms with Crippen LogP contribution in [0.1, 0.15) is 30.5 Å². The van der Waals surface area contributed by atoms with Crippen LogP contribution < -0.4 is 5.32 Å².